The molecule has 0 spiro atoms. The maximum absolute atomic E-state index is 5.84. The van der Waals surface area contributed by atoms with Crippen LogP contribution in [0.2, 0.25) is 0 Å². The number of hydrogen-bond donors (Lipinski definition) is 1. The molecule has 2 nitrogen and oxygen atoms in total. The summed E-state index contributed by atoms with van der Waals surface area (Å²) >= 11 is 0. The van der Waals surface area contributed by atoms with E-state index in [4.69, 9.17) is 10.5 Å². The molecule has 1 aliphatic heterocycles. The smallest absolute Gasteiger partial charge is 0.0495 e. The van der Waals surface area contributed by atoms with Gasteiger partial charge in [0, 0.05) is 13.2 Å². The van der Waals surface area contributed by atoms with Crippen molar-refractivity contribution >= 4 is 0 Å². The van der Waals surface area contributed by atoms with E-state index in [0.717, 1.165) is 37.5 Å². The quantitative estimate of drug-likeness (QED) is 0.752. The average molecular weight is 197 g/mol. The summed E-state index contributed by atoms with van der Waals surface area (Å²) in [7, 11) is 0. The van der Waals surface area contributed by atoms with Gasteiger partial charge >= 0.3 is 0 Å². The molecule has 2 N–H and O–H groups in total. The fourth-order valence-corrected chi connectivity index (χ4v) is 3.10. The van der Waals surface area contributed by atoms with Gasteiger partial charge in [-0.05, 0) is 43.6 Å². The van der Waals surface area contributed by atoms with E-state index in [0.29, 0.717) is 0 Å². The van der Waals surface area contributed by atoms with Crippen LogP contribution in [0, 0.1) is 17.8 Å². The molecular formula is C12H23NO. The van der Waals surface area contributed by atoms with Gasteiger partial charge in [0.15, 0.2) is 0 Å². The Bertz CT molecular complexity index is 166. The fraction of sp³-hybridized carbons (Fsp3) is 1.00. The summed E-state index contributed by atoms with van der Waals surface area (Å²) in [6.45, 7) is 2.90. The highest BCUT2D eigenvalue weighted by Gasteiger charge is 2.27. The van der Waals surface area contributed by atoms with Crippen molar-refractivity contribution in [2.45, 2.75) is 38.5 Å². The molecule has 14 heavy (non-hydrogen) atoms. The van der Waals surface area contributed by atoms with Crippen LogP contribution in [0.25, 0.3) is 0 Å². The zero-order valence-electron chi connectivity index (χ0n) is 9.08. The second kappa shape index (κ2) is 5.13. The van der Waals surface area contributed by atoms with Crippen LogP contribution < -0.4 is 5.73 Å². The van der Waals surface area contributed by atoms with Crippen LogP contribution in [0.15, 0.2) is 0 Å². The van der Waals surface area contributed by atoms with Crippen LogP contribution in [0.3, 0.4) is 0 Å². The Balaban J connectivity index is 1.81. The SMILES string of the molecule is NCC1CCCCC1CC1CCOC1. The van der Waals surface area contributed by atoms with Gasteiger partial charge in [0.05, 0.1) is 0 Å². The van der Waals surface area contributed by atoms with E-state index in [-0.39, 0.29) is 0 Å². The number of nitrogens with two attached hydrogens (primary N) is 1. The van der Waals surface area contributed by atoms with Crippen molar-refractivity contribution < 1.29 is 4.74 Å². The summed E-state index contributed by atoms with van der Waals surface area (Å²) in [6.07, 6.45) is 8.27. The first-order valence-corrected chi connectivity index (χ1v) is 6.18. The van der Waals surface area contributed by atoms with Crippen LogP contribution in [-0.4, -0.2) is 19.8 Å². The zero-order valence-corrected chi connectivity index (χ0v) is 9.08. The highest BCUT2D eigenvalue weighted by Crippen LogP contribution is 2.35. The Morgan fingerprint density at radius 1 is 1.07 bits per heavy atom. The second-order valence-corrected chi connectivity index (χ2v) is 5.01. The number of hydrogen-bond acceptors (Lipinski definition) is 2. The maximum atomic E-state index is 5.84. The van der Waals surface area contributed by atoms with Crippen LogP contribution in [0.1, 0.15) is 38.5 Å². The van der Waals surface area contributed by atoms with Crippen molar-refractivity contribution in [1.29, 1.82) is 0 Å². The van der Waals surface area contributed by atoms with E-state index in [1.54, 1.807) is 0 Å². The molecule has 2 fully saturated rings. The monoisotopic (exact) mass is 197 g/mol. The van der Waals surface area contributed by atoms with Gasteiger partial charge in [-0.3, -0.25) is 0 Å². The Morgan fingerprint density at radius 3 is 2.50 bits per heavy atom. The molecule has 82 valence electrons. The van der Waals surface area contributed by atoms with Gasteiger partial charge in [-0.25, -0.2) is 0 Å². The molecule has 0 bridgehead atoms. The lowest BCUT2D eigenvalue weighted by molar-refractivity contribution is 0.161. The van der Waals surface area contributed by atoms with Crippen molar-refractivity contribution in [3.8, 4) is 0 Å². The Hall–Kier alpha value is -0.0800. The molecule has 1 heterocycles. The molecule has 2 rings (SSSR count). The van der Waals surface area contributed by atoms with Crippen LogP contribution in [0.4, 0.5) is 0 Å². The molecule has 2 heteroatoms. The normalized spacial score (nSPS) is 38.8. The predicted octanol–water partition coefficient (Wildman–Crippen LogP) is 2.18. The van der Waals surface area contributed by atoms with E-state index in [2.05, 4.69) is 0 Å². The Kier molecular flexibility index (Phi) is 3.82. The summed E-state index contributed by atoms with van der Waals surface area (Å²) in [5.74, 6) is 2.55. The highest BCUT2D eigenvalue weighted by atomic mass is 16.5. The minimum Gasteiger partial charge on any atom is -0.381 e. The number of ether oxygens (including phenoxy) is 1. The largest absolute Gasteiger partial charge is 0.381 e. The van der Waals surface area contributed by atoms with E-state index in [9.17, 15) is 0 Å². The third-order valence-corrected chi connectivity index (χ3v) is 4.03. The molecule has 2 aliphatic rings. The van der Waals surface area contributed by atoms with Crippen molar-refractivity contribution in [2.24, 2.45) is 23.5 Å². The zero-order chi connectivity index (χ0) is 9.80. The summed E-state index contributed by atoms with van der Waals surface area (Å²) in [5.41, 5.74) is 5.84. The van der Waals surface area contributed by atoms with Gasteiger partial charge in [-0.15, -0.1) is 0 Å². The number of rotatable bonds is 3. The molecule has 1 saturated carbocycles. The Morgan fingerprint density at radius 2 is 1.86 bits per heavy atom. The van der Waals surface area contributed by atoms with Gasteiger partial charge in [0.1, 0.15) is 0 Å². The van der Waals surface area contributed by atoms with Crippen LogP contribution >= 0.6 is 0 Å². The van der Waals surface area contributed by atoms with Crippen LogP contribution in [-0.2, 0) is 4.74 Å². The lowest BCUT2D eigenvalue weighted by Gasteiger charge is -2.32. The summed E-state index contributed by atoms with van der Waals surface area (Å²) in [4.78, 5) is 0. The Labute approximate surface area is 87.2 Å². The van der Waals surface area contributed by atoms with Crippen molar-refractivity contribution in [3.05, 3.63) is 0 Å². The molecule has 3 atom stereocenters. The first-order chi connectivity index (χ1) is 6.90. The first kappa shape index (κ1) is 10.4. The lowest BCUT2D eigenvalue weighted by atomic mass is 9.75. The summed E-state index contributed by atoms with van der Waals surface area (Å²) in [5, 5.41) is 0. The molecule has 1 saturated heterocycles. The van der Waals surface area contributed by atoms with Crippen molar-refractivity contribution in [1.82, 2.24) is 0 Å². The molecular weight excluding hydrogens is 174 g/mol. The molecule has 0 aromatic heterocycles. The average Bonchev–Trinajstić information content (AvgIpc) is 2.71. The molecule has 1 aliphatic carbocycles. The summed E-state index contributed by atoms with van der Waals surface area (Å²) in [6, 6.07) is 0. The van der Waals surface area contributed by atoms with Crippen LogP contribution in [0.5, 0.6) is 0 Å². The van der Waals surface area contributed by atoms with Gasteiger partial charge in [0.25, 0.3) is 0 Å². The second-order valence-electron chi connectivity index (χ2n) is 5.01. The molecule has 0 aromatic carbocycles. The van der Waals surface area contributed by atoms with Gasteiger partial charge in [0.2, 0.25) is 0 Å². The van der Waals surface area contributed by atoms with Crippen molar-refractivity contribution in [3.63, 3.8) is 0 Å². The molecule has 3 unspecified atom stereocenters. The van der Waals surface area contributed by atoms with Crippen molar-refractivity contribution in [2.75, 3.05) is 19.8 Å². The summed E-state index contributed by atoms with van der Waals surface area (Å²) < 4.78 is 5.44. The third-order valence-electron chi connectivity index (χ3n) is 4.03. The van der Waals surface area contributed by atoms with Gasteiger partial charge in [-0.2, -0.15) is 0 Å². The minimum atomic E-state index is 0.810. The lowest BCUT2D eigenvalue weighted by Crippen LogP contribution is -2.28. The van der Waals surface area contributed by atoms with E-state index >= 15 is 0 Å². The highest BCUT2D eigenvalue weighted by molar-refractivity contribution is 4.79. The predicted molar refractivity (Wildman–Crippen MR) is 58.0 cm³/mol. The maximum Gasteiger partial charge on any atom is 0.0495 e. The topological polar surface area (TPSA) is 35.2 Å². The fourth-order valence-electron chi connectivity index (χ4n) is 3.10. The third kappa shape index (κ3) is 2.48. The first-order valence-electron chi connectivity index (χ1n) is 6.18. The van der Waals surface area contributed by atoms with E-state index in [1.807, 2.05) is 0 Å². The molecule has 0 amide bonds. The minimum absolute atomic E-state index is 0.810. The molecule has 0 radical (unpaired) electrons. The van der Waals surface area contributed by atoms with E-state index < -0.39 is 0 Å². The van der Waals surface area contributed by atoms with E-state index in [1.165, 1.54) is 38.5 Å². The van der Waals surface area contributed by atoms with Gasteiger partial charge in [-0.1, -0.05) is 19.3 Å². The molecule has 0 aromatic rings. The van der Waals surface area contributed by atoms with Gasteiger partial charge < -0.3 is 10.5 Å². The standard InChI is InChI=1S/C12H23NO/c13-8-12-4-2-1-3-11(12)7-10-5-6-14-9-10/h10-12H,1-9,13H2.